The zero-order valence-electron chi connectivity index (χ0n) is 16.2. The molecule has 0 fully saturated rings. The van der Waals surface area contributed by atoms with Crippen LogP contribution < -0.4 is 4.90 Å². The van der Waals surface area contributed by atoms with Crippen molar-refractivity contribution in [3.05, 3.63) is 41.2 Å². The topological polar surface area (TPSA) is 70.1 Å². The van der Waals surface area contributed by atoms with E-state index in [1.165, 1.54) is 0 Å². The fourth-order valence-electron chi connectivity index (χ4n) is 3.13. The van der Waals surface area contributed by atoms with Crippen molar-refractivity contribution >= 4 is 17.4 Å². The van der Waals surface area contributed by atoms with Crippen LogP contribution in [-0.2, 0) is 14.3 Å². The number of hydrogen-bond donors (Lipinski definition) is 1. The molecule has 0 spiro atoms. The smallest absolute Gasteiger partial charge is 0.290 e. The van der Waals surface area contributed by atoms with Crippen LogP contribution in [0.15, 0.2) is 35.6 Å². The number of amides is 1. The Kier molecular flexibility index (Phi) is 6.42. The lowest BCUT2D eigenvalue weighted by molar-refractivity contribution is -0.129. The molecule has 0 saturated heterocycles. The summed E-state index contributed by atoms with van der Waals surface area (Å²) in [5, 5.41) is 10.4. The predicted octanol–water partition coefficient (Wildman–Crippen LogP) is 2.71. The van der Waals surface area contributed by atoms with Crippen LogP contribution in [0.25, 0.3) is 0 Å². The number of Topliss-reactive ketones (excluding diaryl/α,β-unsaturated/α-hetero) is 1. The number of ether oxygens (including phenoxy) is 1. The molecular formula is C20H28N2O4. The Bertz CT molecular complexity index is 692. The summed E-state index contributed by atoms with van der Waals surface area (Å²) in [4.78, 5) is 28.9. The zero-order valence-corrected chi connectivity index (χ0v) is 16.2. The van der Waals surface area contributed by atoms with E-state index in [0.29, 0.717) is 19.6 Å². The minimum absolute atomic E-state index is 0.194. The van der Waals surface area contributed by atoms with Crippen LogP contribution in [0.1, 0.15) is 31.9 Å². The van der Waals surface area contributed by atoms with Gasteiger partial charge in [-0.1, -0.05) is 26.0 Å². The average molecular weight is 360 g/mol. The molecule has 1 aromatic carbocycles. The first kappa shape index (κ1) is 20.0. The largest absolute Gasteiger partial charge is 0.503 e. The lowest BCUT2D eigenvalue weighted by Gasteiger charge is -2.27. The third-order valence-electron chi connectivity index (χ3n) is 4.57. The van der Waals surface area contributed by atoms with Crippen molar-refractivity contribution < 1.29 is 19.4 Å². The van der Waals surface area contributed by atoms with Crippen molar-refractivity contribution in [2.45, 2.75) is 26.3 Å². The molecule has 0 radical (unpaired) electrons. The van der Waals surface area contributed by atoms with Crippen LogP contribution in [0, 0.1) is 5.92 Å². The Labute approximate surface area is 155 Å². The van der Waals surface area contributed by atoms with E-state index in [9.17, 15) is 14.7 Å². The quantitative estimate of drug-likeness (QED) is 0.722. The Hall–Kier alpha value is -2.34. The van der Waals surface area contributed by atoms with Crippen molar-refractivity contribution in [2.75, 3.05) is 39.3 Å². The van der Waals surface area contributed by atoms with Crippen LogP contribution in [0.2, 0.25) is 0 Å². The van der Waals surface area contributed by atoms with Crippen molar-refractivity contribution in [1.82, 2.24) is 4.90 Å². The van der Waals surface area contributed by atoms with E-state index < -0.39 is 17.7 Å². The lowest BCUT2D eigenvalue weighted by Crippen LogP contribution is -2.33. The van der Waals surface area contributed by atoms with Gasteiger partial charge in [0.25, 0.3) is 5.91 Å². The third kappa shape index (κ3) is 3.90. The molecule has 26 heavy (non-hydrogen) atoms. The standard InChI is InChI=1S/C20H28N2O4/c1-13(2)18(23)16-17(14-7-9-15(10-8-14)21(3)4)22(11-6-12-26-5)20(25)19(16)24/h7-10,13,17,24H,6,11-12H2,1-5H3. The molecule has 1 amide bonds. The summed E-state index contributed by atoms with van der Waals surface area (Å²) in [5.74, 6) is -1.43. The highest BCUT2D eigenvalue weighted by atomic mass is 16.5. The average Bonchev–Trinajstić information content (AvgIpc) is 2.86. The number of aliphatic hydroxyl groups is 1. The Morgan fingerprint density at radius 2 is 1.88 bits per heavy atom. The first-order valence-corrected chi connectivity index (χ1v) is 8.84. The van der Waals surface area contributed by atoms with Gasteiger partial charge in [0.1, 0.15) is 0 Å². The highest BCUT2D eigenvalue weighted by Crippen LogP contribution is 2.39. The second-order valence-electron chi connectivity index (χ2n) is 7.01. The van der Waals surface area contributed by atoms with Gasteiger partial charge >= 0.3 is 0 Å². The number of aliphatic hydroxyl groups excluding tert-OH is 1. The van der Waals surface area contributed by atoms with Crippen molar-refractivity contribution in [1.29, 1.82) is 0 Å². The summed E-state index contributed by atoms with van der Waals surface area (Å²) in [6.45, 7) is 4.45. The van der Waals surface area contributed by atoms with Gasteiger partial charge in [-0.15, -0.1) is 0 Å². The Balaban J connectivity index is 2.44. The molecule has 0 aliphatic carbocycles. The van der Waals surface area contributed by atoms with Crippen LogP contribution in [0.5, 0.6) is 0 Å². The number of carbonyl (C=O) groups excluding carboxylic acids is 2. The molecule has 1 atom stereocenters. The molecule has 0 aromatic heterocycles. The van der Waals surface area contributed by atoms with Crippen molar-refractivity contribution in [3.8, 4) is 0 Å². The molecule has 142 valence electrons. The molecular weight excluding hydrogens is 332 g/mol. The van der Waals surface area contributed by atoms with Crippen molar-refractivity contribution in [3.63, 3.8) is 0 Å². The van der Waals surface area contributed by atoms with E-state index in [0.717, 1.165) is 11.3 Å². The first-order chi connectivity index (χ1) is 12.3. The van der Waals surface area contributed by atoms with Gasteiger partial charge in [0, 0.05) is 46.0 Å². The molecule has 0 bridgehead atoms. The minimum Gasteiger partial charge on any atom is -0.503 e. The molecule has 6 heteroatoms. The van der Waals surface area contributed by atoms with Gasteiger partial charge in [-0.3, -0.25) is 9.59 Å². The molecule has 1 aliphatic rings. The Morgan fingerprint density at radius 1 is 1.27 bits per heavy atom. The Morgan fingerprint density at radius 3 is 2.38 bits per heavy atom. The van der Waals surface area contributed by atoms with Gasteiger partial charge in [0.05, 0.1) is 11.6 Å². The number of carbonyl (C=O) groups is 2. The van der Waals surface area contributed by atoms with E-state index in [4.69, 9.17) is 4.74 Å². The van der Waals surface area contributed by atoms with E-state index in [1.807, 2.05) is 43.3 Å². The number of rotatable bonds is 8. The molecule has 6 nitrogen and oxygen atoms in total. The molecule has 1 N–H and O–H groups in total. The number of benzene rings is 1. The van der Waals surface area contributed by atoms with Crippen LogP contribution in [0.3, 0.4) is 0 Å². The highest BCUT2D eigenvalue weighted by molar-refractivity contribution is 6.09. The fourth-order valence-corrected chi connectivity index (χ4v) is 3.13. The molecule has 1 unspecified atom stereocenters. The molecule has 1 heterocycles. The normalized spacial score (nSPS) is 17.4. The fraction of sp³-hybridized carbons (Fsp3) is 0.500. The van der Waals surface area contributed by atoms with E-state index in [-0.39, 0.29) is 17.3 Å². The maximum absolute atomic E-state index is 12.7. The summed E-state index contributed by atoms with van der Waals surface area (Å²) < 4.78 is 5.07. The van der Waals surface area contributed by atoms with Crippen LogP contribution in [0.4, 0.5) is 5.69 Å². The second-order valence-corrected chi connectivity index (χ2v) is 7.01. The van der Waals surface area contributed by atoms with Gasteiger partial charge in [-0.05, 0) is 24.1 Å². The van der Waals surface area contributed by atoms with Crippen LogP contribution in [-0.4, -0.2) is 56.1 Å². The lowest BCUT2D eigenvalue weighted by atomic mass is 9.91. The zero-order chi connectivity index (χ0) is 19.4. The van der Waals surface area contributed by atoms with Gasteiger partial charge in [-0.2, -0.15) is 0 Å². The number of nitrogens with zero attached hydrogens (tertiary/aromatic N) is 2. The van der Waals surface area contributed by atoms with Gasteiger partial charge < -0.3 is 19.6 Å². The number of ketones is 1. The number of anilines is 1. The SMILES string of the molecule is COCCCN1C(=O)C(O)=C(C(=O)C(C)C)C1c1ccc(N(C)C)cc1. The molecule has 1 aromatic rings. The molecule has 0 saturated carbocycles. The van der Waals surface area contributed by atoms with Gasteiger partial charge in [-0.25, -0.2) is 0 Å². The van der Waals surface area contributed by atoms with E-state index in [2.05, 4.69) is 0 Å². The maximum Gasteiger partial charge on any atom is 0.290 e. The van der Waals surface area contributed by atoms with Crippen molar-refractivity contribution in [2.24, 2.45) is 5.92 Å². The maximum atomic E-state index is 12.7. The highest BCUT2D eigenvalue weighted by Gasteiger charge is 2.43. The summed E-state index contributed by atoms with van der Waals surface area (Å²) in [6, 6.07) is 7.14. The van der Waals surface area contributed by atoms with E-state index in [1.54, 1.807) is 25.9 Å². The monoisotopic (exact) mass is 360 g/mol. The van der Waals surface area contributed by atoms with Gasteiger partial charge in [0.2, 0.25) is 0 Å². The number of methoxy groups -OCH3 is 1. The molecule has 1 aliphatic heterocycles. The summed E-state index contributed by atoms with van der Waals surface area (Å²) in [6.07, 6.45) is 0.630. The minimum atomic E-state index is -0.564. The first-order valence-electron chi connectivity index (χ1n) is 8.84. The van der Waals surface area contributed by atoms with Crippen LogP contribution >= 0.6 is 0 Å². The summed E-state index contributed by atoms with van der Waals surface area (Å²) in [7, 11) is 5.50. The summed E-state index contributed by atoms with van der Waals surface area (Å²) >= 11 is 0. The third-order valence-corrected chi connectivity index (χ3v) is 4.57. The molecule has 2 rings (SSSR count). The predicted molar refractivity (Wildman–Crippen MR) is 101 cm³/mol. The summed E-state index contributed by atoms with van der Waals surface area (Å²) in [5.41, 5.74) is 2.03. The van der Waals surface area contributed by atoms with E-state index >= 15 is 0 Å². The number of hydrogen-bond acceptors (Lipinski definition) is 5. The second kappa shape index (κ2) is 8.36. The van der Waals surface area contributed by atoms with Gasteiger partial charge in [0.15, 0.2) is 11.5 Å².